The minimum Gasteiger partial charge on any atom is -0.465 e. The number of likely N-dealkylation sites (N-methyl/N-ethyl adjacent to an activating group) is 1. The molecule has 0 aliphatic rings. The number of carbonyl (C=O) groups excluding carboxylic acids is 1. The van der Waals surface area contributed by atoms with Crippen molar-refractivity contribution in [3.63, 3.8) is 0 Å². The zero-order chi connectivity index (χ0) is 15.1. The van der Waals surface area contributed by atoms with E-state index in [2.05, 4.69) is 12.2 Å². The summed E-state index contributed by atoms with van der Waals surface area (Å²) in [4.78, 5) is 12.1. The predicted octanol–water partition coefficient (Wildman–Crippen LogP) is 2.20. The van der Waals surface area contributed by atoms with E-state index >= 15 is 0 Å². The fraction of sp³-hybridized carbons (Fsp3) is 0.929. The van der Waals surface area contributed by atoms with Gasteiger partial charge in [-0.2, -0.15) is 11.8 Å². The molecule has 4 nitrogen and oxygen atoms in total. The van der Waals surface area contributed by atoms with Crippen LogP contribution in [0.2, 0.25) is 0 Å². The van der Waals surface area contributed by atoms with E-state index in [9.17, 15) is 9.90 Å². The van der Waals surface area contributed by atoms with Crippen molar-refractivity contribution < 1.29 is 14.6 Å². The van der Waals surface area contributed by atoms with E-state index in [1.54, 1.807) is 18.7 Å². The summed E-state index contributed by atoms with van der Waals surface area (Å²) in [6, 6.07) is 0. The molecule has 5 heteroatoms. The van der Waals surface area contributed by atoms with Gasteiger partial charge in [-0.3, -0.25) is 4.79 Å². The second-order valence-corrected chi connectivity index (χ2v) is 7.00. The van der Waals surface area contributed by atoms with Crippen molar-refractivity contribution in [1.82, 2.24) is 5.32 Å². The Hall–Kier alpha value is -0.260. The summed E-state index contributed by atoms with van der Waals surface area (Å²) in [5, 5.41) is 13.2. The first-order valence-corrected chi connectivity index (χ1v) is 7.96. The largest absolute Gasteiger partial charge is 0.465 e. The van der Waals surface area contributed by atoms with E-state index in [1.807, 2.05) is 27.7 Å². The van der Waals surface area contributed by atoms with E-state index < -0.39 is 5.54 Å². The van der Waals surface area contributed by atoms with Crippen LogP contribution in [0, 0.1) is 0 Å². The molecule has 0 aromatic rings. The van der Waals surface area contributed by atoms with Gasteiger partial charge in [0.25, 0.3) is 0 Å². The number of aliphatic hydroxyl groups is 1. The summed E-state index contributed by atoms with van der Waals surface area (Å²) >= 11 is 1.70. The number of hydrogen-bond acceptors (Lipinski definition) is 5. The van der Waals surface area contributed by atoms with Gasteiger partial charge in [0.1, 0.15) is 5.54 Å². The van der Waals surface area contributed by atoms with Crippen LogP contribution in [0.25, 0.3) is 0 Å². The van der Waals surface area contributed by atoms with Gasteiger partial charge in [0, 0.05) is 10.5 Å². The lowest BCUT2D eigenvalue weighted by Gasteiger charge is -2.31. The van der Waals surface area contributed by atoms with Gasteiger partial charge >= 0.3 is 5.97 Å². The maximum atomic E-state index is 12.1. The quantitative estimate of drug-likeness (QED) is 0.638. The number of aliphatic hydroxyl groups excluding tert-OH is 1. The van der Waals surface area contributed by atoms with Crippen LogP contribution in [-0.2, 0) is 9.53 Å². The number of rotatable bonds is 9. The van der Waals surface area contributed by atoms with Gasteiger partial charge in [-0.25, -0.2) is 0 Å². The molecule has 0 spiro atoms. The van der Waals surface area contributed by atoms with Gasteiger partial charge in [-0.1, -0.05) is 20.8 Å². The van der Waals surface area contributed by atoms with Crippen molar-refractivity contribution in [1.29, 1.82) is 0 Å². The number of nitrogens with one attached hydrogen (secondary N) is 1. The summed E-state index contributed by atoms with van der Waals surface area (Å²) < 4.78 is 5.15. The third-order valence-corrected chi connectivity index (χ3v) is 4.57. The molecule has 4 atom stereocenters. The maximum absolute atomic E-state index is 12.1. The van der Waals surface area contributed by atoms with E-state index in [0.29, 0.717) is 13.0 Å². The normalized spacial score (nSPS) is 19.3. The third kappa shape index (κ3) is 6.63. The van der Waals surface area contributed by atoms with Crippen LogP contribution in [0.5, 0.6) is 0 Å². The number of hydrogen-bond donors (Lipinski definition) is 2. The van der Waals surface area contributed by atoms with E-state index in [0.717, 1.165) is 6.54 Å². The highest BCUT2D eigenvalue weighted by Crippen LogP contribution is 2.27. The molecule has 0 rings (SSSR count). The molecule has 0 radical (unpaired) electrons. The Morgan fingerprint density at radius 1 is 1.37 bits per heavy atom. The van der Waals surface area contributed by atoms with Gasteiger partial charge in [0.2, 0.25) is 0 Å². The summed E-state index contributed by atoms with van der Waals surface area (Å²) in [7, 11) is 0. The van der Waals surface area contributed by atoms with Crippen molar-refractivity contribution in [2.24, 2.45) is 0 Å². The lowest BCUT2D eigenvalue weighted by Crippen LogP contribution is -2.52. The molecular formula is C14H29NO3S. The van der Waals surface area contributed by atoms with Gasteiger partial charge in [0.05, 0.1) is 12.7 Å². The van der Waals surface area contributed by atoms with Crippen molar-refractivity contribution in [2.75, 3.05) is 13.2 Å². The van der Waals surface area contributed by atoms with Crippen molar-refractivity contribution in [2.45, 2.75) is 70.1 Å². The molecule has 2 N–H and O–H groups in total. The molecule has 0 aliphatic heterocycles. The molecule has 0 saturated heterocycles. The Kier molecular flexibility index (Phi) is 8.70. The Morgan fingerprint density at radius 3 is 2.37 bits per heavy atom. The Balaban J connectivity index is 4.60. The SMILES string of the molecule is CCNC(C)(CC(C)SC(C)C(C)O)C(=O)OCC. The Morgan fingerprint density at radius 2 is 1.95 bits per heavy atom. The maximum Gasteiger partial charge on any atom is 0.326 e. The third-order valence-electron chi connectivity index (χ3n) is 3.11. The molecule has 0 saturated carbocycles. The average Bonchev–Trinajstić information content (AvgIpc) is 2.28. The lowest BCUT2D eigenvalue weighted by molar-refractivity contribution is -0.150. The van der Waals surface area contributed by atoms with Crippen LogP contribution in [0.1, 0.15) is 48.0 Å². The summed E-state index contributed by atoms with van der Waals surface area (Å²) in [6.07, 6.45) is 0.335. The van der Waals surface area contributed by atoms with Crippen LogP contribution >= 0.6 is 11.8 Å². The molecule has 4 unspecified atom stereocenters. The first-order valence-electron chi connectivity index (χ1n) is 7.02. The molecule has 0 aliphatic carbocycles. The number of thioether (sulfide) groups is 1. The Labute approximate surface area is 121 Å². The molecule has 0 aromatic carbocycles. The first-order chi connectivity index (χ1) is 8.76. The number of carbonyl (C=O) groups is 1. The van der Waals surface area contributed by atoms with Gasteiger partial charge in [-0.05, 0) is 33.7 Å². The molecule has 0 fully saturated rings. The van der Waals surface area contributed by atoms with Crippen molar-refractivity contribution in [3.8, 4) is 0 Å². The standard InChI is InChI=1S/C14H29NO3S/c1-7-15-14(6,13(17)18-8-2)9-10(3)19-12(5)11(4)16/h10-12,15-16H,7-9H2,1-6H3. The van der Waals surface area contributed by atoms with Crippen molar-refractivity contribution in [3.05, 3.63) is 0 Å². The Bertz CT molecular complexity index is 273. The van der Waals surface area contributed by atoms with E-state index in [1.165, 1.54) is 0 Å². The fourth-order valence-corrected chi connectivity index (χ4v) is 3.40. The lowest BCUT2D eigenvalue weighted by atomic mass is 9.96. The second kappa shape index (κ2) is 8.82. The molecular weight excluding hydrogens is 262 g/mol. The fourth-order valence-electron chi connectivity index (χ4n) is 2.01. The minimum atomic E-state index is -0.657. The van der Waals surface area contributed by atoms with Crippen LogP contribution in [-0.4, -0.2) is 46.4 Å². The zero-order valence-electron chi connectivity index (χ0n) is 13.0. The topological polar surface area (TPSA) is 58.6 Å². The monoisotopic (exact) mass is 291 g/mol. The average molecular weight is 291 g/mol. The molecule has 114 valence electrons. The van der Waals surface area contributed by atoms with Gasteiger partial charge in [-0.15, -0.1) is 0 Å². The second-order valence-electron chi connectivity index (χ2n) is 5.18. The number of esters is 1. The van der Waals surface area contributed by atoms with Gasteiger partial charge < -0.3 is 15.2 Å². The first kappa shape index (κ1) is 18.7. The van der Waals surface area contributed by atoms with Crippen LogP contribution in [0.15, 0.2) is 0 Å². The highest BCUT2D eigenvalue weighted by Gasteiger charge is 2.35. The molecule has 0 heterocycles. The summed E-state index contributed by atoms with van der Waals surface area (Å²) in [6.45, 7) is 12.7. The zero-order valence-corrected chi connectivity index (χ0v) is 13.8. The van der Waals surface area contributed by atoms with Crippen LogP contribution in [0.3, 0.4) is 0 Å². The molecule has 0 bridgehead atoms. The highest BCUT2D eigenvalue weighted by molar-refractivity contribution is 8.00. The van der Waals surface area contributed by atoms with E-state index in [4.69, 9.17) is 4.74 Å². The summed E-state index contributed by atoms with van der Waals surface area (Å²) in [5.41, 5.74) is -0.657. The highest BCUT2D eigenvalue weighted by atomic mass is 32.2. The van der Waals surface area contributed by atoms with Gasteiger partial charge in [0.15, 0.2) is 0 Å². The minimum absolute atomic E-state index is 0.156. The molecule has 19 heavy (non-hydrogen) atoms. The van der Waals surface area contributed by atoms with Crippen LogP contribution < -0.4 is 5.32 Å². The number of ether oxygens (including phenoxy) is 1. The van der Waals surface area contributed by atoms with Crippen LogP contribution in [0.4, 0.5) is 0 Å². The van der Waals surface area contributed by atoms with E-state index in [-0.39, 0.29) is 22.6 Å². The molecule has 0 aromatic heterocycles. The smallest absolute Gasteiger partial charge is 0.326 e. The van der Waals surface area contributed by atoms with Crippen molar-refractivity contribution >= 4 is 17.7 Å². The summed E-state index contributed by atoms with van der Waals surface area (Å²) in [5.74, 6) is -0.200. The predicted molar refractivity (Wildman–Crippen MR) is 81.5 cm³/mol. The molecule has 0 amide bonds.